The van der Waals surface area contributed by atoms with Crippen LogP contribution in [0.15, 0.2) is 35.3 Å². The summed E-state index contributed by atoms with van der Waals surface area (Å²) in [6, 6.07) is 6.93. The van der Waals surface area contributed by atoms with Crippen LogP contribution in [0.3, 0.4) is 0 Å². The number of rotatable bonds is 0. The molecule has 13 heavy (non-hydrogen) atoms. The Morgan fingerprint density at radius 1 is 1.38 bits per heavy atom. The van der Waals surface area contributed by atoms with Crippen LogP contribution in [0.25, 0.3) is 10.8 Å². The first-order valence-corrected chi connectivity index (χ1v) is 3.48. The van der Waals surface area contributed by atoms with Crippen molar-refractivity contribution in [1.82, 2.24) is 5.10 Å². The zero-order valence-electron chi connectivity index (χ0n) is 8.15. The molecule has 0 atom stereocenters. The van der Waals surface area contributed by atoms with Gasteiger partial charge in [0.1, 0.15) is 0 Å². The first-order valence-electron chi connectivity index (χ1n) is 3.48. The summed E-state index contributed by atoms with van der Waals surface area (Å²) in [5.74, 6) is 0. The molecule has 62 valence electrons. The smallest absolute Gasteiger partial charge is 1.00 e. The summed E-state index contributed by atoms with van der Waals surface area (Å²) >= 11 is 0. The molecule has 0 bridgehead atoms. The molecule has 0 amide bonds. The Balaban J connectivity index is 0.000000845. The number of benzene rings is 1. The van der Waals surface area contributed by atoms with Crippen LogP contribution in [0.4, 0.5) is 0 Å². The Labute approximate surface area is 97.5 Å². The van der Waals surface area contributed by atoms with Gasteiger partial charge in [-0.25, -0.2) is 0 Å². The third-order valence-electron chi connectivity index (χ3n) is 1.67. The summed E-state index contributed by atoms with van der Waals surface area (Å²) in [5, 5.41) is 14.1. The van der Waals surface area contributed by atoms with Crippen LogP contribution in [0.2, 0.25) is 0 Å². The molecule has 0 saturated heterocycles. The van der Waals surface area contributed by atoms with Gasteiger partial charge in [-0.3, -0.25) is 4.79 Å². The van der Waals surface area contributed by atoms with Crippen LogP contribution in [-0.4, -0.2) is 5.10 Å². The van der Waals surface area contributed by atoms with E-state index in [4.69, 9.17) is 0 Å². The second-order valence-electron chi connectivity index (χ2n) is 2.48. The zero-order valence-corrected chi connectivity index (χ0v) is 9.15. The molecule has 0 aliphatic rings. The van der Waals surface area contributed by atoms with Gasteiger partial charge in [0.15, 0.2) is 0 Å². The first kappa shape index (κ1) is 10.2. The molecule has 0 saturated carbocycles. The van der Waals surface area contributed by atoms with E-state index >= 15 is 0 Å². The van der Waals surface area contributed by atoms with Gasteiger partial charge in [0.25, 0.3) is 0 Å². The number of aromatic nitrogens is 2. The molecule has 0 aliphatic heterocycles. The minimum atomic E-state index is -0.358. The number of nitrogens with one attached hydrogen (secondary N) is 1. The van der Waals surface area contributed by atoms with Gasteiger partial charge in [0.05, 0.1) is 10.8 Å². The van der Waals surface area contributed by atoms with E-state index in [1.807, 2.05) is 0 Å². The van der Waals surface area contributed by atoms with E-state index in [0.717, 1.165) is 0 Å². The van der Waals surface area contributed by atoms with Crippen molar-refractivity contribution in [1.29, 1.82) is 0 Å². The number of aromatic amines is 1. The topological polar surface area (TPSA) is 59.8 Å². The van der Waals surface area contributed by atoms with Crippen molar-refractivity contribution >= 4 is 10.8 Å². The van der Waals surface area contributed by atoms with Crippen LogP contribution in [0.1, 0.15) is 1.43 Å². The Kier molecular flexibility index (Phi) is 3.08. The maximum absolute atomic E-state index is 11.1. The number of hydrogen-bond donors (Lipinski definition) is 1. The fourth-order valence-corrected chi connectivity index (χ4v) is 1.14. The number of nitrogens with zero attached hydrogens (tertiary/aromatic N) is 1. The van der Waals surface area contributed by atoms with Crippen LogP contribution >= 0.6 is 0 Å². The average Bonchev–Trinajstić information content (AvgIpc) is 2.04. The fraction of sp³-hybridized carbons (Fsp3) is 0. The van der Waals surface area contributed by atoms with Gasteiger partial charge in [-0.2, -0.15) is 0 Å². The molecule has 1 aromatic carbocycles. The Morgan fingerprint density at radius 3 is 2.85 bits per heavy atom. The molecule has 4 nitrogen and oxygen atoms in total. The van der Waals surface area contributed by atoms with Crippen LogP contribution in [0.5, 0.6) is 0 Å². The van der Waals surface area contributed by atoms with E-state index in [1.54, 1.807) is 24.3 Å². The summed E-state index contributed by atoms with van der Waals surface area (Å²) < 4.78 is 0. The number of hydrogen-bond acceptors (Lipinski definition) is 2. The summed E-state index contributed by atoms with van der Waals surface area (Å²) in [5.41, 5.74) is -0.358. The van der Waals surface area contributed by atoms with Crippen LogP contribution in [0, 0.1) is 5.21 Å². The van der Waals surface area contributed by atoms with E-state index < -0.39 is 0 Å². The van der Waals surface area contributed by atoms with Crippen LogP contribution < -0.4 is 40.0 Å². The van der Waals surface area contributed by atoms with Gasteiger partial charge in [-0.15, -0.1) is 5.10 Å². The van der Waals surface area contributed by atoms with E-state index in [9.17, 15) is 10.0 Å². The van der Waals surface area contributed by atoms with Crippen LogP contribution in [-0.2, 0) is 0 Å². The van der Waals surface area contributed by atoms with Crippen molar-refractivity contribution in [3.05, 3.63) is 46.0 Å². The predicted octanol–water partition coefficient (Wildman–Crippen LogP) is -2.72. The van der Waals surface area contributed by atoms with Crippen molar-refractivity contribution in [2.45, 2.75) is 0 Å². The molecule has 0 unspecified atom stereocenters. The minimum Gasteiger partial charge on any atom is -1.00 e. The summed E-state index contributed by atoms with van der Waals surface area (Å²) in [6.07, 6.45) is 1.33. The van der Waals surface area contributed by atoms with E-state index in [2.05, 4.69) is 5.10 Å². The summed E-state index contributed by atoms with van der Waals surface area (Å²) in [6.45, 7) is 0. The largest absolute Gasteiger partial charge is 1.00 e. The van der Waals surface area contributed by atoms with Gasteiger partial charge in [0, 0.05) is 0 Å². The predicted molar refractivity (Wildman–Crippen MR) is 44.6 cm³/mol. The fourth-order valence-electron chi connectivity index (χ4n) is 1.14. The van der Waals surface area contributed by atoms with Gasteiger partial charge in [0.2, 0.25) is 6.20 Å². The van der Waals surface area contributed by atoms with Crippen molar-refractivity contribution < 1.29 is 35.8 Å². The maximum Gasteiger partial charge on any atom is 1.00 e. The monoisotopic (exact) mass is 186 g/mol. The molecule has 0 aliphatic carbocycles. The molecule has 1 aromatic heterocycles. The molecular formula is C8H7N2NaO2. The van der Waals surface area contributed by atoms with Crippen molar-refractivity contribution in [2.75, 3.05) is 0 Å². The molecule has 0 radical (unpaired) electrons. The average molecular weight is 186 g/mol. The molecule has 0 spiro atoms. The molecule has 0 fully saturated rings. The third kappa shape index (κ3) is 1.91. The van der Waals surface area contributed by atoms with Gasteiger partial charge in [-0.05, 0) is 12.1 Å². The van der Waals surface area contributed by atoms with Gasteiger partial charge < -0.3 is 6.63 Å². The Morgan fingerprint density at radius 2 is 2.08 bits per heavy atom. The second-order valence-corrected chi connectivity index (χ2v) is 2.48. The second kappa shape index (κ2) is 3.91. The quantitative estimate of drug-likeness (QED) is 0.276. The minimum absolute atomic E-state index is 0. The normalized spacial score (nSPS) is 9.54. The third-order valence-corrected chi connectivity index (χ3v) is 1.67. The maximum atomic E-state index is 11.1. The van der Waals surface area contributed by atoms with Crippen molar-refractivity contribution in [3.8, 4) is 0 Å². The Bertz CT molecular complexity index is 486. The van der Waals surface area contributed by atoms with Gasteiger partial charge in [-0.1, -0.05) is 17.0 Å². The van der Waals surface area contributed by atoms with Crippen molar-refractivity contribution in [2.24, 2.45) is 0 Å². The van der Waals surface area contributed by atoms with Gasteiger partial charge >= 0.3 is 35.1 Å². The molecular weight excluding hydrogens is 179 g/mol. The Hall–Kier alpha value is -0.840. The molecule has 2 aromatic rings. The first-order chi connectivity index (χ1) is 5.77. The number of fused-ring (bicyclic) bond motifs is 1. The summed E-state index contributed by atoms with van der Waals surface area (Å²) in [7, 11) is 0. The molecule has 5 heteroatoms. The van der Waals surface area contributed by atoms with E-state index in [1.165, 1.54) is 6.20 Å². The standard InChI is InChI=1S/C8H6N2O2.Na.H/c11-8-7-4-2-1-3-6(7)5-10(12)9-8;;/h1-5H,(H,9,11);;/q;+1;-1. The number of H-pyrrole nitrogens is 1. The summed E-state index contributed by atoms with van der Waals surface area (Å²) in [4.78, 5) is 11.5. The molecule has 1 heterocycles. The SMILES string of the molecule is O=c1[nH][n+]([O-])cc2ccccc12.[H-].[Na+]. The molecule has 2 rings (SSSR count). The van der Waals surface area contributed by atoms with E-state index in [-0.39, 0.29) is 36.5 Å². The van der Waals surface area contributed by atoms with E-state index in [0.29, 0.717) is 15.6 Å². The van der Waals surface area contributed by atoms with Crippen molar-refractivity contribution in [3.63, 3.8) is 0 Å². The zero-order chi connectivity index (χ0) is 8.55. The molecule has 1 N–H and O–H groups in total.